The standard InChI is InChI=1S/C12H9Br2ClS/c13-10-3-1-2-9(12(10)15)11(14)6-8-4-5-16-7-8/h1-5,7,11H,6H2. The Kier molecular flexibility index (Phi) is 4.48. The number of benzene rings is 1. The molecule has 2 aromatic rings. The van der Waals surface area contributed by atoms with Crippen molar-refractivity contribution in [1.29, 1.82) is 0 Å². The predicted octanol–water partition coefficient (Wildman–Crippen LogP) is 5.84. The minimum absolute atomic E-state index is 0.257. The van der Waals surface area contributed by atoms with Gasteiger partial charge in [-0.1, -0.05) is 39.7 Å². The van der Waals surface area contributed by atoms with E-state index in [1.54, 1.807) is 11.3 Å². The number of hydrogen-bond acceptors (Lipinski definition) is 1. The Labute approximate surface area is 121 Å². The first-order chi connectivity index (χ1) is 7.68. The topological polar surface area (TPSA) is 0 Å². The molecule has 84 valence electrons. The average molecular weight is 381 g/mol. The molecule has 1 unspecified atom stereocenters. The third-order valence-electron chi connectivity index (χ3n) is 2.31. The first-order valence-electron chi connectivity index (χ1n) is 4.77. The summed E-state index contributed by atoms with van der Waals surface area (Å²) in [6.07, 6.45) is 0.958. The van der Waals surface area contributed by atoms with Gasteiger partial charge in [0.25, 0.3) is 0 Å². The summed E-state index contributed by atoms with van der Waals surface area (Å²) < 4.78 is 0.946. The van der Waals surface area contributed by atoms with Crippen LogP contribution in [0.15, 0.2) is 39.5 Å². The Morgan fingerprint density at radius 3 is 2.81 bits per heavy atom. The van der Waals surface area contributed by atoms with Gasteiger partial charge in [-0.05, 0) is 56.4 Å². The molecule has 0 N–H and O–H groups in total. The van der Waals surface area contributed by atoms with Crippen LogP contribution in [0.3, 0.4) is 0 Å². The summed E-state index contributed by atoms with van der Waals surface area (Å²) in [6.45, 7) is 0. The summed E-state index contributed by atoms with van der Waals surface area (Å²) in [5.74, 6) is 0. The molecule has 0 nitrogen and oxygen atoms in total. The van der Waals surface area contributed by atoms with Crippen LogP contribution in [0.1, 0.15) is 16.0 Å². The second-order valence-corrected chi connectivity index (χ2v) is 6.56. The molecular weight excluding hydrogens is 371 g/mol. The van der Waals surface area contributed by atoms with Crippen molar-refractivity contribution >= 4 is 54.8 Å². The van der Waals surface area contributed by atoms with E-state index in [9.17, 15) is 0 Å². The van der Waals surface area contributed by atoms with Gasteiger partial charge in [-0.15, -0.1) is 0 Å². The van der Waals surface area contributed by atoms with Crippen LogP contribution < -0.4 is 0 Å². The van der Waals surface area contributed by atoms with Gasteiger partial charge in [0.2, 0.25) is 0 Å². The molecule has 0 bridgehead atoms. The molecule has 4 heteroatoms. The fourth-order valence-corrected chi connectivity index (χ4v) is 3.70. The molecule has 0 amide bonds. The smallest absolute Gasteiger partial charge is 0.0591 e. The lowest BCUT2D eigenvalue weighted by Gasteiger charge is -2.12. The van der Waals surface area contributed by atoms with E-state index in [0.29, 0.717) is 0 Å². The highest BCUT2D eigenvalue weighted by atomic mass is 79.9. The quantitative estimate of drug-likeness (QED) is 0.587. The Bertz CT molecular complexity index is 468. The molecule has 0 saturated heterocycles. The van der Waals surface area contributed by atoms with Gasteiger partial charge in [-0.25, -0.2) is 0 Å². The molecular formula is C12H9Br2ClS. The summed E-state index contributed by atoms with van der Waals surface area (Å²) >= 11 is 15.1. The van der Waals surface area contributed by atoms with Gasteiger partial charge in [-0.3, -0.25) is 0 Å². The van der Waals surface area contributed by atoms with Crippen molar-refractivity contribution in [2.75, 3.05) is 0 Å². The van der Waals surface area contributed by atoms with Crippen molar-refractivity contribution in [3.8, 4) is 0 Å². The van der Waals surface area contributed by atoms with Crippen molar-refractivity contribution in [3.63, 3.8) is 0 Å². The number of alkyl halides is 1. The third kappa shape index (κ3) is 2.89. The predicted molar refractivity (Wildman–Crippen MR) is 78.8 cm³/mol. The lowest BCUT2D eigenvalue weighted by molar-refractivity contribution is 0.953. The lowest BCUT2D eigenvalue weighted by atomic mass is 10.1. The summed E-state index contributed by atoms with van der Waals surface area (Å²) in [4.78, 5) is 0.257. The number of rotatable bonds is 3. The van der Waals surface area contributed by atoms with Crippen LogP contribution in [0.5, 0.6) is 0 Å². The summed E-state index contributed by atoms with van der Waals surface area (Å²) in [5.41, 5.74) is 2.46. The molecule has 1 heterocycles. The van der Waals surface area contributed by atoms with Crippen LogP contribution in [0.4, 0.5) is 0 Å². The van der Waals surface area contributed by atoms with Gasteiger partial charge < -0.3 is 0 Å². The van der Waals surface area contributed by atoms with Crippen LogP contribution >= 0.6 is 54.8 Å². The van der Waals surface area contributed by atoms with Gasteiger partial charge in [-0.2, -0.15) is 11.3 Å². The van der Waals surface area contributed by atoms with E-state index < -0.39 is 0 Å². The highest BCUT2D eigenvalue weighted by Crippen LogP contribution is 2.36. The second kappa shape index (κ2) is 5.67. The Balaban J connectivity index is 2.21. The van der Waals surface area contributed by atoms with E-state index in [4.69, 9.17) is 11.6 Å². The SMILES string of the molecule is Clc1c(Br)cccc1C(Br)Cc1ccsc1. The van der Waals surface area contributed by atoms with Crippen LogP contribution in [0.2, 0.25) is 5.02 Å². The maximum Gasteiger partial charge on any atom is 0.0591 e. The zero-order chi connectivity index (χ0) is 11.5. The maximum atomic E-state index is 6.25. The van der Waals surface area contributed by atoms with Gasteiger partial charge in [0.1, 0.15) is 0 Å². The van der Waals surface area contributed by atoms with E-state index >= 15 is 0 Å². The van der Waals surface area contributed by atoms with E-state index in [2.05, 4.69) is 54.8 Å². The van der Waals surface area contributed by atoms with Crippen LogP contribution in [-0.2, 0) is 6.42 Å². The van der Waals surface area contributed by atoms with Crippen LogP contribution in [0, 0.1) is 0 Å². The monoisotopic (exact) mass is 378 g/mol. The first kappa shape index (κ1) is 12.6. The Hall–Kier alpha value is 0.170. The molecule has 0 fully saturated rings. The Morgan fingerprint density at radius 1 is 1.31 bits per heavy atom. The fraction of sp³-hybridized carbons (Fsp3) is 0.167. The van der Waals surface area contributed by atoms with Crippen LogP contribution in [0.25, 0.3) is 0 Å². The highest BCUT2D eigenvalue weighted by molar-refractivity contribution is 9.10. The number of halogens is 3. The molecule has 1 aromatic heterocycles. The number of hydrogen-bond donors (Lipinski definition) is 0. The average Bonchev–Trinajstić information content (AvgIpc) is 2.74. The van der Waals surface area contributed by atoms with Gasteiger partial charge in [0.05, 0.1) is 5.02 Å². The molecule has 0 saturated carbocycles. The molecule has 0 aliphatic rings. The lowest BCUT2D eigenvalue weighted by Crippen LogP contribution is -1.95. The molecule has 0 spiro atoms. The first-order valence-corrected chi connectivity index (χ1v) is 7.80. The van der Waals surface area contributed by atoms with Crippen molar-refractivity contribution in [2.24, 2.45) is 0 Å². The van der Waals surface area contributed by atoms with Gasteiger partial charge in [0, 0.05) is 9.30 Å². The van der Waals surface area contributed by atoms with Gasteiger partial charge in [0.15, 0.2) is 0 Å². The van der Waals surface area contributed by atoms with E-state index in [1.807, 2.05) is 12.1 Å². The van der Waals surface area contributed by atoms with Crippen molar-refractivity contribution < 1.29 is 0 Å². The highest BCUT2D eigenvalue weighted by Gasteiger charge is 2.13. The molecule has 0 radical (unpaired) electrons. The summed E-state index contributed by atoms with van der Waals surface area (Å²) in [5, 5.41) is 5.05. The summed E-state index contributed by atoms with van der Waals surface area (Å²) in [6, 6.07) is 8.16. The maximum absolute atomic E-state index is 6.25. The molecule has 0 aliphatic heterocycles. The molecule has 1 aromatic carbocycles. The Morgan fingerprint density at radius 2 is 2.12 bits per heavy atom. The number of thiophene rings is 1. The fourth-order valence-electron chi connectivity index (χ4n) is 1.49. The minimum atomic E-state index is 0.257. The van der Waals surface area contributed by atoms with E-state index in [0.717, 1.165) is 21.5 Å². The van der Waals surface area contributed by atoms with Crippen molar-refractivity contribution in [3.05, 3.63) is 55.6 Å². The molecule has 1 atom stereocenters. The largest absolute Gasteiger partial charge is 0.152 e. The molecule has 16 heavy (non-hydrogen) atoms. The van der Waals surface area contributed by atoms with Crippen molar-refractivity contribution in [2.45, 2.75) is 11.2 Å². The normalized spacial score (nSPS) is 12.7. The zero-order valence-electron chi connectivity index (χ0n) is 8.29. The zero-order valence-corrected chi connectivity index (χ0v) is 13.0. The minimum Gasteiger partial charge on any atom is -0.152 e. The van der Waals surface area contributed by atoms with E-state index in [-0.39, 0.29) is 4.83 Å². The molecule has 0 aliphatic carbocycles. The van der Waals surface area contributed by atoms with E-state index in [1.165, 1.54) is 5.56 Å². The van der Waals surface area contributed by atoms with Gasteiger partial charge >= 0.3 is 0 Å². The molecule has 2 rings (SSSR count). The van der Waals surface area contributed by atoms with Crippen molar-refractivity contribution in [1.82, 2.24) is 0 Å². The second-order valence-electron chi connectivity index (χ2n) is 3.45. The third-order valence-corrected chi connectivity index (χ3v) is 5.17. The summed E-state index contributed by atoms with van der Waals surface area (Å²) in [7, 11) is 0. The van der Waals surface area contributed by atoms with Crippen LogP contribution in [-0.4, -0.2) is 0 Å².